The number of nitrogens with one attached hydrogen (secondary N) is 1. The van der Waals surface area contributed by atoms with E-state index in [9.17, 15) is 4.79 Å². The number of amides is 1. The van der Waals surface area contributed by atoms with Crippen LogP contribution in [0.4, 0.5) is 0 Å². The van der Waals surface area contributed by atoms with Crippen LogP contribution in [0.3, 0.4) is 0 Å². The van der Waals surface area contributed by atoms with Gasteiger partial charge < -0.3 is 11.1 Å². The second-order valence-electron chi connectivity index (χ2n) is 2.20. The molecule has 0 spiro atoms. The minimum Gasteiger partial charge on any atom is -0.366 e. The first-order valence-corrected chi connectivity index (χ1v) is 2.91. The molecule has 0 atom stereocenters. The van der Waals surface area contributed by atoms with Gasteiger partial charge in [-0.1, -0.05) is 0 Å². The van der Waals surface area contributed by atoms with Gasteiger partial charge in [0, 0.05) is 18.7 Å². The smallest absolute Gasteiger partial charge is 0.244 e. The van der Waals surface area contributed by atoms with Gasteiger partial charge in [-0.2, -0.15) is 0 Å². The zero-order chi connectivity index (χ0) is 6.85. The second-order valence-corrected chi connectivity index (χ2v) is 2.20. The molecule has 0 aromatic rings. The van der Waals surface area contributed by atoms with Gasteiger partial charge in [-0.15, -0.1) is 0 Å². The zero-order valence-electron chi connectivity index (χ0n) is 5.40. The second kappa shape index (κ2) is 2.19. The van der Waals surface area contributed by atoms with Gasteiger partial charge in [0.15, 0.2) is 0 Å². The Morgan fingerprint density at radius 1 is 1.67 bits per heavy atom. The Hall–Kier alpha value is -0.830. The highest BCUT2D eigenvalue weighted by Gasteiger charge is 2.12. The van der Waals surface area contributed by atoms with Crippen LogP contribution in [-0.4, -0.2) is 19.0 Å². The van der Waals surface area contributed by atoms with Crippen LogP contribution in [0, 0.1) is 0 Å². The molecule has 0 saturated carbocycles. The molecular formula is C6H10N2O. The molecule has 3 N–H and O–H groups in total. The van der Waals surface area contributed by atoms with Gasteiger partial charge in [-0.05, 0) is 12.5 Å². The molecule has 0 bridgehead atoms. The predicted octanol–water partition coefficient (Wildman–Crippen LogP) is -0.609. The Morgan fingerprint density at radius 3 is 2.33 bits per heavy atom. The monoisotopic (exact) mass is 126 g/mol. The fourth-order valence-electron chi connectivity index (χ4n) is 0.689. The normalized spacial score (nSPS) is 16.8. The molecule has 1 heterocycles. The number of carbonyl (C=O) groups is 1. The van der Waals surface area contributed by atoms with E-state index in [-0.39, 0.29) is 5.91 Å². The molecule has 1 aliphatic rings. The molecule has 1 amide bonds. The van der Waals surface area contributed by atoms with E-state index in [1.807, 2.05) is 0 Å². The van der Waals surface area contributed by atoms with E-state index in [1.165, 1.54) is 0 Å². The van der Waals surface area contributed by atoms with Crippen LogP contribution in [0.25, 0.3) is 0 Å². The van der Waals surface area contributed by atoms with Crippen molar-refractivity contribution in [2.24, 2.45) is 5.73 Å². The molecule has 3 heteroatoms. The van der Waals surface area contributed by atoms with E-state index in [2.05, 4.69) is 5.32 Å². The summed E-state index contributed by atoms with van der Waals surface area (Å²) in [4.78, 5) is 10.5. The average Bonchev–Trinajstić information content (AvgIpc) is 1.60. The number of nitrogens with two attached hydrogens (primary N) is 1. The van der Waals surface area contributed by atoms with Gasteiger partial charge >= 0.3 is 0 Å². The number of hydrogen-bond donors (Lipinski definition) is 2. The summed E-state index contributed by atoms with van der Waals surface area (Å²) >= 11 is 0. The summed E-state index contributed by atoms with van der Waals surface area (Å²) in [6, 6.07) is 0. The van der Waals surface area contributed by atoms with E-state index in [0.29, 0.717) is 5.57 Å². The quantitative estimate of drug-likeness (QED) is 0.460. The molecule has 1 fully saturated rings. The largest absolute Gasteiger partial charge is 0.366 e. The third kappa shape index (κ3) is 1.10. The fourth-order valence-corrected chi connectivity index (χ4v) is 0.689. The van der Waals surface area contributed by atoms with Crippen molar-refractivity contribution < 1.29 is 4.79 Å². The first kappa shape index (κ1) is 6.29. The van der Waals surface area contributed by atoms with Crippen molar-refractivity contribution >= 4 is 5.91 Å². The number of carbonyl (C=O) groups excluding carboxylic acids is 1. The van der Waals surface area contributed by atoms with Crippen LogP contribution in [0.2, 0.25) is 0 Å². The number of hydrogen-bond acceptors (Lipinski definition) is 2. The molecule has 9 heavy (non-hydrogen) atoms. The van der Waals surface area contributed by atoms with E-state index < -0.39 is 0 Å². The van der Waals surface area contributed by atoms with Crippen LogP contribution in [-0.2, 0) is 4.79 Å². The molecule has 0 aromatic heterocycles. The summed E-state index contributed by atoms with van der Waals surface area (Å²) in [7, 11) is 0. The average molecular weight is 126 g/mol. The van der Waals surface area contributed by atoms with E-state index in [1.54, 1.807) is 6.92 Å². The molecule has 0 radical (unpaired) electrons. The van der Waals surface area contributed by atoms with Gasteiger partial charge in [0.25, 0.3) is 0 Å². The first-order chi connectivity index (χ1) is 4.22. The third-order valence-corrected chi connectivity index (χ3v) is 1.58. The maximum absolute atomic E-state index is 10.5. The summed E-state index contributed by atoms with van der Waals surface area (Å²) in [5.74, 6) is -0.300. The molecule has 3 nitrogen and oxygen atoms in total. The SMILES string of the molecule is CC(C(N)=O)=C1CNC1. The standard InChI is InChI=1S/C6H10N2O/c1-4(6(7)9)5-2-8-3-5/h8H,2-3H2,1H3,(H2,7,9). The molecule has 1 aliphatic heterocycles. The van der Waals surface area contributed by atoms with Crippen molar-refractivity contribution in [3.05, 3.63) is 11.1 Å². The van der Waals surface area contributed by atoms with Crippen LogP contribution in [0.5, 0.6) is 0 Å². The fraction of sp³-hybridized carbons (Fsp3) is 0.500. The summed E-state index contributed by atoms with van der Waals surface area (Å²) in [6.45, 7) is 3.42. The van der Waals surface area contributed by atoms with E-state index in [4.69, 9.17) is 5.73 Å². The lowest BCUT2D eigenvalue weighted by molar-refractivity contribution is -0.114. The van der Waals surface area contributed by atoms with Gasteiger partial charge in [0.1, 0.15) is 0 Å². The minimum absolute atomic E-state index is 0.300. The van der Waals surface area contributed by atoms with Crippen LogP contribution in [0.15, 0.2) is 11.1 Å². The lowest BCUT2D eigenvalue weighted by atomic mass is 10.0. The molecule has 1 saturated heterocycles. The van der Waals surface area contributed by atoms with Gasteiger partial charge in [-0.25, -0.2) is 0 Å². The highest BCUT2D eigenvalue weighted by Crippen LogP contribution is 2.06. The van der Waals surface area contributed by atoms with Crippen molar-refractivity contribution in [3.63, 3.8) is 0 Å². The first-order valence-electron chi connectivity index (χ1n) is 2.91. The Balaban J connectivity index is 2.67. The Morgan fingerprint density at radius 2 is 2.22 bits per heavy atom. The van der Waals surface area contributed by atoms with Crippen molar-refractivity contribution in [2.45, 2.75) is 6.92 Å². The molecule has 0 aliphatic carbocycles. The van der Waals surface area contributed by atoms with Crippen molar-refractivity contribution in [1.82, 2.24) is 5.32 Å². The molecular weight excluding hydrogens is 116 g/mol. The topological polar surface area (TPSA) is 55.1 Å². The summed E-state index contributed by atoms with van der Waals surface area (Å²) in [5, 5.41) is 3.03. The molecule has 0 aromatic carbocycles. The highest BCUT2D eigenvalue weighted by atomic mass is 16.1. The van der Waals surface area contributed by atoms with Crippen LogP contribution < -0.4 is 11.1 Å². The Labute approximate surface area is 53.9 Å². The van der Waals surface area contributed by atoms with Gasteiger partial charge in [-0.3, -0.25) is 4.79 Å². The van der Waals surface area contributed by atoms with E-state index >= 15 is 0 Å². The Kier molecular flexibility index (Phi) is 1.53. The molecule has 1 rings (SSSR count). The lowest BCUT2D eigenvalue weighted by Crippen LogP contribution is -2.36. The third-order valence-electron chi connectivity index (χ3n) is 1.58. The highest BCUT2D eigenvalue weighted by molar-refractivity contribution is 5.92. The van der Waals surface area contributed by atoms with Gasteiger partial charge in [0.05, 0.1) is 0 Å². The van der Waals surface area contributed by atoms with Crippen molar-refractivity contribution in [1.29, 1.82) is 0 Å². The lowest BCUT2D eigenvalue weighted by Gasteiger charge is -2.20. The van der Waals surface area contributed by atoms with E-state index in [0.717, 1.165) is 18.7 Å². The van der Waals surface area contributed by atoms with Crippen LogP contribution in [0.1, 0.15) is 6.92 Å². The van der Waals surface area contributed by atoms with Crippen molar-refractivity contribution in [3.8, 4) is 0 Å². The summed E-state index contributed by atoms with van der Waals surface area (Å²) in [6.07, 6.45) is 0. The molecule has 0 unspecified atom stereocenters. The summed E-state index contributed by atoms with van der Waals surface area (Å²) < 4.78 is 0. The maximum Gasteiger partial charge on any atom is 0.244 e. The predicted molar refractivity (Wildman–Crippen MR) is 34.8 cm³/mol. The minimum atomic E-state index is -0.300. The van der Waals surface area contributed by atoms with Crippen molar-refractivity contribution in [2.75, 3.05) is 13.1 Å². The molecule has 50 valence electrons. The van der Waals surface area contributed by atoms with Gasteiger partial charge in [0.2, 0.25) is 5.91 Å². The Bertz CT molecular complexity index is 166. The number of rotatable bonds is 1. The maximum atomic E-state index is 10.5. The number of primary amides is 1. The van der Waals surface area contributed by atoms with Crippen LogP contribution >= 0.6 is 0 Å². The summed E-state index contributed by atoms with van der Waals surface area (Å²) in [5.41, 5.74) is 6.88. The zero-order valence-corrected chi connectivity index (χ0v) is 5.40.